The molecule has 1 amide bonds. The second kappa shape index (κ2) is 5.24. The molecule has 1 fully saturated rings. The predicted molar refractivity (Wildman–Crippen MR) is 82.6 cm³/mol. The van der Waals surface area contributed by atoms with E-state index in [0.717, 1.165) is 37.2 Å². The number of rotatable bonds is 2. The van der Waals surface area contributed by atoms with Gasteiger partial charge in [0, 0.05) is 19.2 Å². The Labute approximate surface area is 124 Å². The van der Waals surface area contributed by atoms with Crippen LogP contribution < -0.4 is 5.73 Å². The molecule has 0 spiro atoms. The third-order valence-corrected chi connectivity index (χ3v) is 4.15. The lowest BCUT2D eigenvalue weighted by molar-refractivity contribution is 0.0786. The van der Waals surface area contributed by atoms with E-state index < -0.39 is 0 Å². The van der Waals surface area contributed by atoms with E-state index in [9.17, 15) is 4.79 Å². The van der Waals surface area contributed by atoms with Gasteiger partial charge >= 0.3 is 0 Å². The van der Waals surface area contributed by atoms with Gasteiger partial charge in [0.25, 0.3) is 5.91 Å². The number of hydrogen-bond acceptors (Lipinski definition) is 3. The highest BCUT2D eigenvalue weighted by molar-refractivity contribution is 5.93. The molecule has 21 heavy (non-hydrogen) atoms. The van der Waals surface area contributed by atoms with Crippen molar-refractivity contribution in [2.24, 2.45) is 0 Å². The van der Waals surface area contributed by atoms with Gasteiger partial charge in [0.2, 0.25) is 0 Å². The SMILES string of the molecule is Cc1cccc(-n2nc(C(=O)N3CCCC3)cc2N)c1C. The Morgan fingerprint density at radius 2 is 1.95 bits per heavy atom. The molecule has 0 atom stereocenters. The third kappa shape index (κ3) is 2.39. The van der Waals surface area contributed by atoms with Crippen molar-refractivity contribution in [1.29, 1.82) is 0 Å². The number of carbonyl (C=O) groups is 1. The van der Waals surface area contributed by atoms with Crippen molar-refractivity contribution < 1.29 is 4.79 Å². The molecule has 5 nitrogen and oxygen atoms in total. The van der Waals surface area contributed by atoms with Crippen LogP contribution in [0.5, 0.6) is 0 Å². The van der Waals surface area contributed by atoms with E-state index >= 15 is 0 Å². The van der Waals surface area contributed by atoms with Crippen LogP contribution in [-0.2, 0) is 0 Å². The van der Waals surface area contributed by atoms with Crippen LogP contribution in [0.15, 0.2) is 24.3 Å². The zero-order chi connectivity index (χ0) is 15.0. The monoisotopic (exact) mass is 284 g/mol. The third-order valence-electron chi connectivity index (χ3n) is 4.15. The Kier molecular flexibility index (Phi) is 3.41. The smallest absolute Gasteiger partial charge is 0.274 e. The number of anilines is 1. The normalized spacial score (nSPS) is 14.7. The van der Waals surface area contributed by atoms with Crippen molar-refractivity contribution in [2.75, 3.05) is 18.8 Å². The maximum Gasteiger partial charge on any atom is 0.274 e. The molecular weight excluding hydrogens is 264 g/mol. The highest BCUT2D eigenvalue weighted by Crippen LogP contribution is 2.22. The van der Waals surface area contributed by atoms with Crippen LogP contribution in [0.2, 0.25) is 0 Å². The van der Waals surface area contributed by atoms with Crippen LogP contribution in [-0.4, -0.2) is 33.7 Å². The first-order valence-electron chi connectivity index (χ1n) is 7.29. The lowest BCUT2D eigenvalue weighted by atomic mass is 10.1. The van der Waals surface area contributed by atoms with Crippen molar-refractivity contribution in [3.8, 4) is 5.69 Å². The molecule has 0 unspecified atom stereocenters. The second-order valence-corrected chi connectivity index (χ2v) is 5.58. The molecule has 0 saturated carbocycles. The van der Waals surface area contributed by atoms with Gasteiger partial charge in [0.05, 0.1) is 5.69 Å². The number of nitrogens with zero attached hydrogens (tertiary/aromatic N) is 3. The van der Waals surface area contributed by atoms with Crippen LogP contribution in [0.3, 0.4) is 0 Å². The predicted octanol–water partition coefficient (Wildman–Crippen LogP) is 2.31. The Hall–Kier alpha value is -2.30. The molecule has 2 heterocycles. The summed E-state index contributed by atoms with van der Waals surface area (Å²) in [5.41, 5.74) is 9.70. The van der Waals surface area contributed by atoms with E-state index in [1.165, 1.54) is 5.56 Å². The maximum absolute atomic E-state index is 12.4. The minimum Gasteiger partial charge on any atom is -0.384 e. The number of likely N-dealkylation sites (tertiary alicyclic amines) is 1. The number of aryl methyl sites for hydroxylation is 1. The van der Waals surface area contributed by atoms with E-state index in [1.54, 1.807) is 10.7 Å². The Morgan fingerprint density at radius 1 is 1.24 bits per heavy atom. The molecule has 1 aromatic heterocycles. The standard InChI is InChI=1S/C16H20N4O/c1-11-6-5-7-14(12(11)2)20-15(17)10-13(18-20)16(21)19-8-3-4-9-19/h5-7,10H,3-4,8-9,17H2,1-2H3. The topological polar surface area (TPSA) is 64.2 Å². The Balaban J connectivity index is 1.98. The molecule has 1 aromatic carbocycles. The molecule has 0 bridgehead atoms. The van der Waals surface area contributed by atoms with Crippen molar-refractivity contribution >= 4 is 11.7 Å². The summed E-state index contributed by atoms with van der Waals surface area (Å²) in [4.78, 5) is 14.2. The van der Waals surface area contributed by atoms with Crippen LogP contribution >= 0.6 is 0 Å². The number of benzene rings is 1. The minimum atomic E-state index is -0.0248. The minimum absolute atomic E-state index is 0.0248. The molecule has 0 aliphatic carbocycles. The highest BCUT2D eigenvalue weighted by atomic mass is 16.2. The van der Waals surface area contributed by atoms with Gasteiger partial charge in [-0.15, -0.1) is 0 Å². The number of amides is 1. The molecule has 1 saturated heterocycles. The lowest BCUT2D eigenvalue weighted by Gasteiger charge is -2.13. The number of nitrogens with two attached hydrogens (primary N) is 1. The molecule has 3 rings (SSSR count). The van der Waals surface area contributed by atoms with E-state index in [-0.39, 0.29) is 5.91 Å². The first-order chi connectivity index (χ1) is 10.1. The number of nitrogen functional groups attached to an aromatic ring is 1. The summed E-state index contributed by atoms with van der Waals surface area (Å²) in [5.74, 6) is 0.467. The van der Waals surface area contributed by atoms with Crippen LogP contribution in [0, 0.1) is 13.8 Å². The molecule has 5 heteroatoms. The van der Waals surface area contributed by atoms with Gasteiger partial charge in [-0.1, -0.05) is 12.1 Å². The van der Waals surface area contributed by atoms with Crippen molar-refractivity contribution in [3.63, 3.8) is 0 Å². The number of aromatic nitrogens is 2. The molecule has 2 aromatic rings. The van der Waals surface area contributed by atoms with E-state index in [2.05, 4.69) is 18.1 Å². The summed E-state index contributed by atoms with van der Waals surface area (Å²) in [5, 5.41) is 4.43. The summed E-state index contributed by atoms with van der Waals surface area (Å²) in [7, 11) is 0. The molecule has 2 N–H and O–H groups in total. The van der Waals surface area contributed by atoms with Crippen molar-refractivity contribution in [1.82, 2.24) is 14.7 Å². The first kappa shape index (κ1) is 13.7. The van der Waals surface area contributed by atoms with Crippen LogP contribution in [0.4, 0.5) is 5.82 Å². The van der Waals surface area contributed by atoms with Crippen LogP contribution in [0.1, 0.15) is 34.5 Å². The summed E-state index contributed by atoms with van der Waals surface area (Å²) in [6, 6.07) is 7.66. The van der Waals surface area contributed by atoms with Crippen molar-refractivity contribution in [2.45, 2.75) is 26.7 Å². The summed E-state index contributed by atoms with van der Waals surface area (Å²) < 4.78 is 1.66. The second-order valence-electron chi connectivity index (χ2n) is 5.58. The van der Waals surface area contributed by atoms with Gasteiger partial charge < -0.3 is 10.6 Å². The van der Waals surface area contributed by atoms with Gasteiger partial charge in [0.1, 0.15) is 5.82 Å². The van der Waals surface area contributed by atoms with Crippen LogP contribution in [0.25, 0.3) is 5.69 Å². The molecular formula is C16H20N4O. The zero-order valence-electron chi connectivity index (χ0n) is 12.5. The number of hydrogen-bond donors (Lipinski definition) is 1. The number of carbonyl (C=O) groups excluding carboxylic acids is 1. The average molecular weight is 284 g/mol. The fourth-order valence-electron chi connectivity index (χ4n) is 2.74. The average Bonchev–Trinajstić information content (AvgIpc) is 3.11. The molecule has 1 aliphatic rings. The Bertz CT molecular complexity index is 684. The summed E-state index contributed by atoms with van der Waals surface area (Å²) in [6.07, 6.45) is 2.14. The van der Waals surface area contributed by atoms with Gasteiger partial charge in [-0.2, -0.15) is 5.10 Å². The largest absolute Gasteiger partial charge is 0.384 e. The molecule has 110 valence electrons. The quantitative estimate of drug-likeness (QED) is 0.920. The van der Waals surface area contributed by atoms with Gasteiger partial charge in [-0.3, -0.25) is 4.79 Å². The van der Waals surface area contributed by atoms with Gasteiger partial charge in [-0.05, 0) is 43.9 Å². The highest BCUT2D eigenvalue weighted by Gasteiger charge is 2.23. The Morgan fingerprint density at radius 3 is 2.67 bits per heavy atom. The zero-order valence-corrected chi connectivity index (χ0v) is 12.5. The van der Waals surface area contributed by atoms with E-state index in [1.807, 2.05) is 24.0 Å². The summed E-state index contributed by atoms with van der Waals surface area (Å²) >= 11 is 0. The molecule has 0 radical (unpaired) electrons. The van der Waals surface area contributed by atoms with Gasteiger partial charge in [-0.25, -0.2) is 4.68 Å². The van der Waals surface area contributed by atoms with E-state index in [0.29, 0.717) is 11.5 Å². The maximum atomic E-state index is 12.4. The fourth-order valence-corrected chi connectivity index (χ4v) is 2.74. The van der Waals surface area contributed by atoms with E-state index in [4.69, 9.17) is 5.73 Å². The lowest BCUT2D eigenvalue weighted by Crippen LogP contribution is -2.28. The first-order valence-corrected chi connectivity index (χ1v) is 7.29. The van der Waals surface area contributed by atoms with Gasteiger partial charge in [0.15, 0.2) is 5.69 Å². The fraction of sp³-hybridized carbons (Fsp3) is 0.375. The van der Waals surface area contributed by atoms with Crippen molar-refractivity contribution in [3.05, 3.63) is 41.1 Å². The molecule has 1 aliphatic heterocycles. The summed E-state index contributed by atoms with van der Waals surface area (Å²) in [6.45, 7) is 5.71.